The Balaban J connectivity index is 2.28. The van der Waals surface area contributed by atoms with Crippen molar-refractivity contribution in [2.75, 3.05) is 5.75 Å². The predicted molar refractivity (Wildman–Crippen MR) is 56.9 cm³/mol. The molecule has 1 saturated heterocycles. The van der Waals surface area contributed by atoms with Crippen molar-refractivity contribution in [2.24, 2.45) is 0 Å². The van der Waals surface area contributed by atoms with Gasteiger partial charge in [-0.3, -0.25) is 4.79 Å². The lowest BCUT2D eigenvalue weighted by molar-refractivity contribution is -0.120. The Morgan fingerprint density at radius 2 is 2.42 bits per heavy atom. The number of hydrogen-bond donors (Lipinski definition) is 1. The van der Waals surface area contributed by atoms with Gasteiger partial charge in [-0.15, -0.1) is 0 Å². The van der Waals surface area contributed by atoms with Crippen LogP contribution in [0.2, 0.25) is 0 Å². The molecule has 1 amide bonds. The Morgan fingerprint density at radius 1 is 1.75 bits per heavy atom. The molecule has 1 aliphatic rings. The largest absolute Gasteiger partial charge is 0.352 e. The number of carbonyl (C=O) groups excluding carboxylic acids is 1. The molecule has 1 N–H and O–H groups in total. The summed E-state index contributed by atoms with van der Waals surface area (Å²) in [4.78, 5) is 11.2. The van der Waals surface area contributed by atoms with Crippen molar-refractivity contribution < 1.29 is 4.79 Å². The molecule has 1 fully saturated rings. The van der Waals surface area contributed by atoms with Crippen LogP contribution in [0, 0.1) is 0 Å². The quantitative estimate of drug-likeness (QED) is 0.759. The fourth-order valence-corrected chi connectivity index (χ4v) is 2.51. The van der Waals surface area contributed by atoms with Gasteiger partial charge in [-0.1, -0.05) is 22.9 Å². The van der Waals surface area contributed by atoms with Gasteiger partial charge in [0.25, 0.3) is 0 Å². The second-order valence-corrected chi connectivity index (χ2v) is 6.05. The van der Waals surface area contributed by atoms with Crippen molar-refractivity contribution in [1.29, 1.82) is 0 Å². The first-order valence-corrected chi connectivity index (χ1v) is 6.12. The maximum atomic E-state index is 11.2. The highest BCUT2D eigenvalue weighted by Gasteiger charge is 2.24. The maximum Gasteiger partial charge on any atom is 0.233 e. The Morgan fingerprint density at radius 3 is 2.83 bits per heavy atom. The number of alkyl halides is 1. The lowest BCUT2D eigenvalue weighted by Crippen LogP contribution is -2.38. The number of carbonyl (C=O) groups is 1. The van der Waals surface area contributed by atoms with E-state index in [9.17, 15) is 4.79 Å². The van der Waals surface area contributed by atoms with Crippen molar-refractivity contribution in [1.82, 2.24) is 5.32 Å². The molecule has 0 radical (unpaired) electrons. The van der Waals surface area contributed by atoms with Crippen molar-refractivity contribution in [2.45, 2.75) is 36.4 Å². The van der Waals surface area contributed by atoms with E-state index in [0.717, 1.165) is 12.2 Å². The van der Waals surface area contributed by atoms with Crippen LogP contribution in [-0.4, -0.2) is 27.8 Å². The van der Waals surface area contributed by atoms with Crippen molar-refractivity contribution in [3.8, 4) is 0 Å². The molecule has 3 atom stereocenters. The van der Waals surface area contributed by atoms with E-state index in [2.05, 4.69) is 28.2 Å². The number of halogens is 1. The standard InChI is InChI=1S/C8H14BrNOS/c1-5-3-7(4-12-5)10-8(11)6(2)9/h5-7H,3-4H2,1-2H3,(H,10,11). The van der Waals surface area contributed by atoms with Gasteiger partial charge in [0.1, 0.15) is 0 Å². The van der Waals surface area contributed by atoms with E-state index in [1.165, 1.54) is 0 Å². The molecule has 1 aliphatic heterocycles. The minimum absolute atomic E-state index is 0.0709. The van der Waals surface area contributed by atoms with Crippen LogP contribution < -0.4 is 5.32 Å². The predicted octanol–water partition coefficient (Wildman–Crippen LogP) is 1.78. The monoisotopic (exact) mass is 251 g/mol. The molecular formula is C8H14BrNOS. The summed E-state index contributed by atoms with van der Waals surface area (Å²) in [7, 11) is 0. The second kappa shape index (κ2) is 4.51. The molecule has 0 aromatic heterocycles. The molecule has 0 aliphatic carbocycles. The number of amides is 1. The molecule has 0 saturated carbocycles. The maximum absolute atomic E-state index is 11.2. The molecule has 0 aromatic carbocycles. The Kier molecular flexibility index (Phi) is 3.90. The van der Waals surface area contributed by atoms with E-state index in [-0.39, 0.29) is 10.7 Å². The zero-order valence-electron chi connectivity index (χ0n) is 7.34. The molecular weight excluding hydrogens is 238 g/mol. The fourth-order valence-electron chi connectivity index (χ4n) is 1.23. The van der Waals surface area contributed by atoms with Gasteiger partial charge >= 0.3 is 0 Å². The summed E-state index contributed by atoms with van der Waals surface area (Å²) in [6, 6.07) is 0.387. The lowest BCUT2D eigenvalue weighted by Gasteiger charge is -2.12. The highest BCUT2D eigenvalue weighted by Crippen LogP contribution is 2.25. The normalized spacial score (nSPS) is 31.6. The second-order valence-electron chi connectivity index (χ2n) is 3.20. The number of nitrogens with one attached hydrogen (secondary N) is 1. The Labute approximate surface area is 86.0 Å². The minimum atomic E-state index is -0.0709. The van der Waals surface area contributed by atoms with E-state index in [0.29, 0.717) is 11.3 Å². The zero-order valence-corrected chi connectivity index (χ0v) is 9.74. The van der Waals surface area contributed by atoms with Crippen molar-refractivity contribution in [3.05, 3.63) is 0 Å². The van der Waals surface area contributed by atoms with Gasteiger partial charge < -0.3 is 5.32 Å². The average Bonchev–Trinajstić information content (AvgIpc) is 2.35. The van der Waals surface area contributed by atoms with Crippen LogP contribution in [0.1, 0.15) is 20.3 Å². The lowest BCUT2D eigenvalue weighted by atomic mass is 10.2. The van der Waals surface area contributed by atoms with Gasteiger partial charge in [0.2, 0.25) is 5.91 Å². The van der Waals surface area contributed by atoms with Crippen LogP contribution in [0.4, 0.5) is 0 Å². The van der Waals surface area contributed by atoms with Gasteiger partial charge in [0, 0.05) is 17.0 Å². The molecule has 0 spiro atoms. The molecule has 4 heteroatoms. The third-order valence-electron chi connectivity index (χ3n) is 1.91. The summed E-state index contributed by atoms with van der Waals surface area (Å²) >= 11 is 5.17. The number of thioether (sulfide) groups is 1. The summed E-state index contributed by atoms with van der Waals surface area (Å²) < 4.78 is 0. The summed E-state index contributed by atoms with van der Waals surface area (Å²) in [6.45, 7) is 4.05. The number of hydrogen-bond acceptors (Lipinski definition) is 2. The van der Waals surface area contributed by atoms with Crippen molar-refractivity contribution in [3.63, 3.8) is 0 Å². The molecule has 12 heavy (non-hydrogen) atoms. The molecule has 70 valence electrons. The van der Waals surface area contributed by atoms with Gasteiger partial charge in [-0.05, 0) is 13.3 Å². The summed E-state index contributed by atoms with van der Waals surface area (Å²) in [5.41, 5.74) is 0. The van der Waals surface area contributed by atoms with Gasteiger partial charge in [-0.2, -0.15) is 11.8 Å². The van der Waals surface area contributed by atoms with E-state index in [4.69, 9.17) is 0 Å². The van der Waals surface area contributed by atoms with Gasteiger partial charge in [0.05, 0.1) is 4.83 Å². The van der Waals surface area contributed by atoms with Crippen LogP contribution in [-0.2, 0) is 4.79 Å². The van der Waals surface area contributed by atoms with Gasteiger partial charge in [0.15, 0.2) is 0 Å². The van der Waals surface area contributed by atoms with E-state index < -0.39 is 0 Å². The van der Waals surface area contributed by atoms with Crippen LogP contribution in [0.25, 0.3) is 0 Å². The molecule has 3 unspecified atom stereocenters. The van der Waals surface area contributed by atoms with E-state index in [1.807, 2.05) is 18.7 Å². The molecule has 0 aromatic rings. The summed E-state index contributed by atoms with van der Waals surface area (Å²) in [5.74, 6) is 1.17. The highest BCUT2D eigenvalue weighted by molar-refractivity contribution is 9.10. The van der Waals surface area contributed by atoms with Crippen molar-refractivity contribution >= 4 is 33.6 Å². The molecule has 2 nitrogen and oxygen atoms in total. The first-order chi connectivity index (χ1) is 5.59. The van der Waals surface area contributed by atoms with Crippen LogP contribution in [0.15, 0.2) is 0 Å². The Bertz CT molecular complexity index is 174. The van der Waals surface area contributed by atoms with Gasteiger partial charge in [-0.25, -0.2) is 0 Å². The third-order valence-corrected chi connectivity index (χ3v) is 3.68. The molecule has 1 heterocycles. The van der Waals surface area contributed by atoms with E-state index >= 15 is 0 Å². The fraction of sp³-hybridized carbons (Fsp3) is 0.875. The molecule has 1 rings (SSSR count). The SMILES string of the molecule is CC1CC(NC(=O)C(C)Br)CS1. The summed E-state index contributed by atoms with van der Waals surface area (Å²) in [5, 5.41) is 3.70. The van der Waals surface area contributed by atoms with Crippen LogP contribution >= 0.6 is 27.7 Å². The van der Waals surface area contributed by atoms with E-state index in [1.54, 1.807) is 0 Å². The minimum Gasteiger partial charge on any atom is -0.352 e. The molecule has 0 bridgehead atoms. The highest BCUT2D eigenvalue weighted by atomic mass is 79.9. The Hall–Kier alpha value is 0.300. The summed E-state index contributed by atoms with van der Waals surface area (Å²) in [6.07, 6.45) is 1.11. The number of rotatable bonds is 2. The van der Waals surface area contributed by atoms with Crippen LogP contribution in [0.3, 0.4) is 0 Å². The average molecular weight is 252 g/mol. The first-order valence-electron chi connectivity index (χ1n) is 4.15. The van der Waals surface area contributed by atoms with Crippen LogP contribution in [0.5, 0.6) is 0 Å². The smallest absolute Gasteiger partial charge is 0.233 e. The third kappa shape index (κ3) is 2.98. The first kappa shape index (κ1) is 10.4. The zero-order chi connectivity index (χ0) is 9.14. The topological polar surface area (TPSA) is 29.1 Å².